The van der Waals surface area contributed by atoms with Crippen LogP contribution in [0, 0.1) is 5.82 Å². The maximum absolute atomic E-state index is 14.0. The molecule has 108 valence electrons. The largest absolute Gasteiger partial charge is 0.261 e. The molecule has 0 aliphatic rings. The molecule has 0 aliphatic carbocycles. The first-order chi connectivity index (χ1) is 10.7. The van der Waals surface area contributed by atoms with Crippen molar-refractivity contribution in [2.75, 3.05) is 0 Å². The van der Waals surface area contributed by atoms with Crippen molar-refractivity contribution >= 4 is 32.2 Å². The molecule has 0 amide bonds. The van der Waals surface area contributed by atoms with Crippen molar-refractivity contribution in [3.63, 3.8) is 0 Å². The number of aromatic nitrogens is 6. The summed E-state index contributed by atoms with van der Waals surface area (Å²) in [5, 5.41) is 13.1. The van der Waals surface area contributed by atoms with Gasteiger partial charge in [0.1, 0.15) is 11.5 Å². The predicted molar refractivity (Wildman–Crippen MR) is 82.8 cm³/mol. The van der Waals surface area contributed by atoms with Gasteiger partial charge in [-0.25, -0.2) is 4.39 Å². The molecule has 3 aromatic heterocycles. The molecule has 0 saturated carbocycles. The van der Waals surface area contributed by atoms with E-state index in [1.807, 2.05) is 0 Å². The molecule has 0 spiro atoms. The van der Waals surface area contributed by atoms with E-state index in [4.69, 9.17) is 0 Å². The van der Waals surface area contributed by atoms with Gasteiger partial charge < -0.3 is 0 Å². The second kappa shape index (κ2) is 5.18. The summed E-state index contributed by atoms with van der Waals surface area (Å²) in [5.74, 6) is -0.0354. The number of fused-ring (bicyclic) bond motifs is 1. The van der Waals surface area contributed by atoms with Crippen molar-refractivity contribution < 1.29 is 4.39 Å². The van der Waals surface area contributed by atoms with E-state index in [0.717, 1.165) is 4.47 Å². The van der Waals surface area contributed by atoms with Crippen LogP contribution >= 0.6 is 27.3 Å². The summed E-state index contributed by atoms with van der Waals surface area (Å²) in [6, 6.07) is 4.65. The van der Waals surface area contributed by atoms with Gasteiger partial charge in [-0.15, -0.1) is 10.2 Å². The molecule has 3 heterocycles. The molecule has 6 nitrogen and oxygen atoms in total. The first-order valence-corrected chi connectivity index (χ1v) is 7.77. The van der Waals surface area contributed by atoms with Gasteiger partial charge in [-0.05, 0) is 18.2 Å². The summed E-state index contributed by atoms with van der Waals surface area (Å²) in [6.07, 6.45) is 4.80. The number of halogens is 2. The van der Waals surface area contributed by atoms with Crippen LogP contribution in [-0.2, 0) is 0 Å². The van der Waals surface area contributed by atoms with Crippen LogP contribution in [0.4, 0.5) is 4.39 Å². The quantitative estimate of drug-likeness (QED) is 0.537. The van der Waals surface area contributed by atoms with Crippen LogP contribution in [0.15, 0.2) is 41.3 Å². The highest BCUT2D eigenvalue weighted by Crippen LogP contribution is 2.29. The normalized spacial score (nSPS) is 11.2. The highest BCUT2D eigenvalue weighted by Gasteiger charge is 2.17. The van der Waals surface area contributed by atoms with Crippen LogP contribution in [-0.4, -0.2) is 29.8 Å². The molecule has 0 fully saturated rings. The van der Waals surface area contributed by atoms with E-state index in [1.54, 1.807) is 30.7 Å². The Kier molecular flexibility index (Phi) is 3.16. The predicted octanol–water partition coefficient (Wildman–Crippen LogP) is 3.21. The van der Waals surface area contributed by atoms with Gasteiger partial charge in [0.25, 0.3) is 0 Å². The lowest BCUT2D eigenvalue weighted by Gasteiger charge is -2.00. The zero-order chi connectivity index (χ0) is 15.1. The van der Waals surface area contributed by atoms with Gasteiger partial charge in [-0.3, -0.25) is 9.97 Å². The van der Waals surface area contributed by atoms with Crippen LogP contribution in [0.2, 0.25) is 0 Å². The Morgan fingerprint density at radius 2 is 2.09 bits per heavy atom. The maximum Gasteiger partial charge on any atom is 0.235 e. The van der Waals surface area contributed by atoms with Crippen molar-refractivity contribution in [2.24, 2.45) is 0 Å². The maximum atomic E-state index is 14.0. The van der Waals surface area contributed by atoms with E-state index in [1.165, 1.54) is 21.9 Å². The van der Waals surface area contributed by atoms with E-state index < -0.39 is 0 Å². The molecule has 0 unspecified atom stereocenters. The standard InChI is InChI=1S/C13H6BrFN6S/c14-7-1-2-9(15)8(5-7)11-18-19-13-21(11)20-12(22-13)10-6-16-3-4-17-10/h1-6H. The van der Waals surface area contributed by atoms with Crippen molar-refractivity contribution in [1.29, 1.82) is 0 Å². The fourth-order valence-electron chi connectivity index (χ4n) is 1.97. The average molecular weight is 377 g/mol. The van der Waals surface area contributed by atoms with E-state index >= 15 is 0 Å². The number of benzene rings is 1. The lowest BCUT2D eigenvalue weighted by molar-refractivity contribution is 0.629. The third kappa shape index (κ3) is 2.18. The molecule has 4 aromatic rings. The molecule has 0 radical (unpaired) electrons. The monoisotopic (exact) mass is 376 g/mol. The molecule has 0 atom stereocenters. The molecular formula is C13H6BrFN6S. The fourth-order valence-corrected chi connectivity index (χ4v) is 3.13. The minimum Gasteiger partial charge on any atom is -0.261 e. The van der Waals surface area contributed by atoms with Gasteiger partial charge >= 0.3 is 0 Å². The zero-order valence-electron chi connectivity index (χ0n) is 10.8. The number of hydrogen-bond donors (Lipinski definition) is 0. The Hall–Kier alpha value is -2.26. The lowest BCUT2D eigenvalue weighted by atomic mass is 10.2. The minimum absolute atomic E-state index is 0.331. The third-order valence-electron chi connectivity index (χ3n) is 2.94. The summed E-state index contributed by atoms with van der Waals surface area (Å²) >= 11 is 4.65. The number of nitrogens with zero attached hydrogens (tertiary/aromatic N) is 6. The SMILES string of the molecule is Fc1ccc(Br)cc1-c1nnc2sc(-c3cnccn3)nn12. The van der Waals surface area contributed by atoms with Gasteiger partial charge in [0.05, 0.1) is 11.8 Å². The smallest absolute Gasteiger partial charge is 0.235 e. The molecule has 1 aromatic carbocycles. The minimum atomic E-state index is -0.383. The third-order valence-corrected chi connectivity index (χ3v) is 4.36. The molecule has 0 bridgehead atoms. The van der Waals surface area contributed by atoms with Crippen LogP contribution in [0.1, 0.15) is 0 Å². The molecular weight excluding hydrogens is 371 g/mol. The molecule has 0 N–H and O–H groups in total. The molecule has 9 heteroatoms. The van der Waals surface area contributed by atoms with Crippen molar-refractivity contribution in [2.45, 2.75) is 0 Å². The number of hydrogen-bond acceptors (Lipinski definition) is 6. The summed E-state index contributed by atoms with van der Waals surface area (Å²) in [5.41, 5.74) is 0.969. The Morgan fingerprint density at radius 3 is 2.91 bits per heavy atom. The second-order valence-electron chi connectivity index (χ2n) is 4.34. The van der Waals surface area contributed by atoms with E-state index in [2.05, 4.69) is 41.2 Å². The Balaban J connectivity index is 1.90. The Labute approximate surface area is 135 Å². The summed E-state index contributed by atoms with van der Waals surface area (Å²) in [6.45, 7) is 0. The summed E-state index contributed by atoms with van der Waals surface area (Å²) in [7, 11) is 0. The highest BCUT2D eigenvalue weighted by molar-refractivity contribution is 9.10. The van der Waals surface area contributed by atoms with Crippen molar-refractivity contribution in [1.82, 2.24) is 29.8 Å². The zero-order valence-corrected chi connectivity index (χ0v) is 13.2. The second-order valence-corrected chi connectivity index (χ2v) is 6.21. The molecule has 0 saturated heterocycles. The average Bonchev–Trinajstić information content (AvgIpc) is 3.11. The van der Waals surface area contributed by atoms with Gasteiger partial charge in [0.2, 0.25) is 4.96 Å². The van der Waals surface area contributed by atoms with Crippen LogP contribution in [0.25, 0.3) is 27.1 Å². The molecule has 4 rings (SSSR count). The first kappa shape index (κ1) is 13.4. The van der Waals surface area contributed by atoms with Gasteiger partial charge in [-0.1, -0.05) is 27.3 Å². The van der Waals surface area contributed by atoms with Gasteiger partial charge in [0.15, 0.2) is 10.8 Å². The highest BCUT2D eigenvalue weighted by atomic mass is 79.9. The van der Waals surface area contributed by atoms with Crippen molar-refractivity contribution in [3.8, 4) is 22.1 Å². The lowest BCUT2D eigenvalue weighted by Crippen LogP contribution is -1.94. The van der Waals surface area contributed by atoms with Crippen LogP contribution in [0.3, 0.4) is 0 Å². The first-order valence-electron chi connectivity index (χ1n) is 6.16. The molecule has 0 aliphatic heterocycles. The van der Waals surface area contributed by atoms with Crippen molar-refractivity contribution in [3.05, 3.63) is 47.1 Å². The Morgan fingerprint density at radius 1 is 1.18 bits per heavy atom. The van der Waals surface area contributed by atoms with E-state index in [0.29, 0.717) is 27.1 Å². The number of rotatable bonds is 2. The van der Waals surface area contributed by atoms with E-state index in [-0.39, 0.29) is 5.82 Å². The topological polar surface area (TPSA) is 68.9 Å². The fraction of sp³-hybridized carbons (Fsp3) is 0. The van der Waals surface area contributed by atoms with Gasteiger partial charge in [0, 0.05) is 16.9 Å². The van der Waals surface area contributed by atoms with Crippen LogP contribution < -0.4 is 0 Å². The summed E-state index contributed by atoms with van der Waals surface area (Å²) in [4.78, 5) is 8.78. The van der Waals surface area contributed by atoms with Crippen LogP contribution in [0.5, 0.6) is 0 Å². The van der Waals surface area contributed by atoms with Gasteiger partial charge in [-0.2, -0.15) is 9.61 Å². The molecule has 22 heavy (non-hydrogen) atoms. The summed E-state index contributed by atoms with van der Waals surface area (Å²) < 4.78 is 16.3. The van der Waals surface area contributed by atoms with E-state index in [9.17, 15) is 4.39 Å². The Bertz CT molecular complexity index is 967.